The minimum absolute atomic E-state index is 0.367. The number of aromatic nitrogens is 4. The molecule has 7 heteroatoms. The van der Waals surface area contributed by atoms with Gasteiger partial charge in [0.1, 0.15) is 11.6 Å². The molecule has 20 heavy (non-hydrogen) atoms. The van der Waals surface area contributed by atoms with Crippen LogP contribution in [0.5, 0.6) is 0 Å². The van der Waals surface area contributed by atoms with E-state index < -0.39 is 0 Å². The summed E-state index contributed by atoms with van der Waals surface area (Å²) in [5.74, 6) is 1.53. The van der Waals surface area contributed by atoms with Crippen molar-refractivity contribution < 1.29 is 5.11 Å². The maximum atomic E-state index is 9.41. The summed E-state index contributed by atoms with van der Waals surface area (Å²) in [4.78, 5) is 11.1. The van der Waals surface area contributed by atoms with Crippen molar-refractivity contribution in [3.05, 3.63) is 12.0 Å². The van der Waals surface area contributed by atoms with E-state index in [4.69, 9.17) is 0 Å². The summed E-state index contributed by atoms with van der Waals surface area (Å²) < 4.78 is 1.75. The number of rotatable bonds is 6. The Morgan fingerprint density at radius 3 is 2.85 bits per heavy atom. The van der Waals surface area contributed by atoms with Crippen molar-refractivity contribution >= 4 is 16.9 Å². The van der Waals surface area contributed by atoms with Crippen LogP contribution in [0.4, 0.5) is 5.82 Å². The molecule has 0 radical (unpaired) electrons. The molecule has 0 aliphatic rings. The molecule has 1 atom stereocenters. The standard InChI is InChI=1S/C13H22N6O/c1-5-14-12-10-6-15-19(4)13(10)17-11(16-12)8-18(3)7-9(2)20/h6,9,20H,5,7-8H2,1-4H3,(H,14,16,17). The van der Waals surface area contributed by atoms with Crippen LogP contribution in [0.2, 0.25) is 0 Å². The molecule has 2 N–H and O–H groups in total. The highest BCUT2D eigenvalue weighted by Crippen LogP contribution is 2.19. The van der Waals surface area contributed by atoms with Gasteiger partial charge in [-0.3, -0.25) is 9.58 Å². The second kappa shape index (κ2) is 6.15. The van der Waals surface area contributed by atoms with Gasteiger partial charge in [-0.2, -0.15) is 5.10 Å². The number of nitrogens with zero attached hydrogens (tertiary/aromatic N) is 5. The maximum absolute atomic E-state index is 9.41. The normalized spacial score (nSPS) is 13.1. The van der Waals surface area contributed by atoms with Crippen molar-refractivity contribution in [2.75, 3.05) is 25.5 Å². The van der Waals surface area contributed by atoms with Gasteiger partial charge in [-0.15, -0.1) is 0 Å². The van der Waals surface area contributed by atoms with Crippen molar-refractivity contribution in [1.29, 1.82) is 0 Å². The fourth-order valence-electron chi connectivity index (χ4n) is 2.20. The Labute approximate surface area is 118 Å². The molecule has 0 spiro atoms. The van der Waals surface area contributed by atoms with E-state index in [1.807, 2.05) is 25.9 Å². The molecule has 0 fully saturated rings. The Hall–Kier alpha value is -1.73. The zero-order chi connectivity index (χ0) is 14.7. The molecular weight excluding hydrogens is 256 g/mol. The van der Waals surface area contributed by atoms with Crippen LogP contribution in [0.15, 0.2) is 6.20 Å². The Morgan fingerprint density at radius 1 is 1.45 bits per heavy atom. The Bertz CT molecular complexity index is 579. The summed E-state index contributed by atoms with van der Waals surface area (Å²) in [5, 5.41) is 17.8. The van der Waals surface area contributed by atoms with Crippen molar-refractivity contribution in [3.63, 3.8) is 0 Å². The molecule has 0 amide bonds. The third kappa shape index (κ3) is 3.23. The highest BCUT2D eigenvalue weighted by atomic mass is 16.3. The number of aliphatic hydroxyl groups is 1. The molecule has 2 rings (SSSR count). The van der Waals surface area contributed by atoms with Crippen LogP contribution in [0, 0.1) is 0 Å². The van der Waals surface area contributed by atoms with Gasteiger partial charge < -0.3 is 10.4 Å². The first kappa shape index (κ1) is 14.7. The highest BCUT2D eigenvalue weighted by Gasteiger charge is 2.13. The predicted molar refractivity (Wildman–Crippen MR) is 78.5 cm³/mol. The maximum Gasteiger partial charge on any atom is 0.163 e. The molecule has 0 aliphatic carbocycles. The van der Waals surface area contributed by atoms with Crippen molar-refractivity contribution in [3.8, 4) is 0 Å². The van der Waals surface area contributed by atoms with Crippen molar-refractivity contribution in [2.24, 2.45) is 7.05 Å². The molecule has 0 saturated carbocycles. The van der Waals surface area contributed by atoms with Crippen LogP contribution < -0.4 is 5.32 Å². The average molecular weight is 278 g/mol. The van der Waals surface area contributed by atoms with Crippen LogP contribution in [0.25, 0.3) is 11.0 Å². The number of fused-ring (bicyclic) bond motifs is 1. The molecule has 2 aromatic heterocycles. The molecule has 0 bridgehead atoms. The lowest BCUT2D eigenvalue weighted by molar-refractivity contribution is 0.137. The molecule has 0 aromatic carbocycles. The molecule has 0 aliphatic heterocycles. The molecular formula is C13H22N6O. The van der Waals surface area contributed by atoms with E-state index in [1.165, 1.54) is 0 Å². The van der Waals surface area contributed by atoms with Crippen molar-refractivity contribution in [2.45, 2.75) is 26.5 Å². The van der Waals surface area contributed by atoms with Gasteiger partial charge >= 0.3 is 0 Å². The summed E-state index contributed by atoms with van der Waals surface area (Å²) in [6.07, 6.45) is 1.41. The van der Waals surface area contributed by atoms with Crippen LogP contribution >= 0.6 is 0 Å². The number of anilines is 1. The average Bonchev–Trinajstić information content (AvgIpc) is 2.71. The minimum atomic E-state index is -0.367. The first-order valence-corrected chi connectivity index (χ1v) is 6.80. The van der Waals surface area contributed by atoms with Crippen LogP contribution in [-0.4, -0.2) is 56.0 Å². The summed E-state index contributed by atoms with van der Waals surface area (Å²) in [6, 6.07) is 0. The third-order valence-electron chi connectivity index (χ3n) is 2.97. The highest BCUT2D eigenvalue weighted by molar-refractivity contribution is 5.86. The number of aliphatic hydroxyl groups excluding tert-OH is 1. The number of aryl methyl sites for hydroxylation is 1. The van der Waals surface area contributed by atoms with E-state index >= 15 is 0 Å². The van der Waals surface area contributed by atoms with E-state index in [0.717, 1.165) is 29.2 Å². The van der Waals surface area contributed by atoms with Gasteiger partial charge in [0.05, 0.1) is 24.2 Å². The van der Waals surface area contributed by atoms with Gasteiger partial charge in [0.25, 0.3) is 0 Å². The molecule has 7 nitrogen and oxygen atoms in total. The van der Waals surface area contributed by atoms with E-state index in [0.29, 0.717) is 13.1 Å². The molecule has 2 heterocycles. The van der Waals surface area contributed by atoms with Gasteiger partial charge in [0.2, 0.25) is 0 Å². The van der Waals surface area contributed by atoms with Crippen molar-refractivity contribution in [1.82, 2.24) is 24.6 Å². The second-order valence-corrected chi connectivity index (χ2v) is 5.07. The predicted octanol–water partition coefficient (Wildman–Crippen LogP) is 0.608. The lowest BCUT2D eigenvalue weighted by Crippen LogP contribution is -2.27. The molecule has 1 unspecified atom stereocenters. The first-order chi connectivity index (χ1) is 9.51. The summed E-state index contributed by atoms with van der Waals surface area (Å²) in [5.41, 5.74) is 0.816. The fraction of sp³-hybridized carbons (Fsp3) is 0.615. The molecule has 2 aromatic rings. The summed E-state index contributed by atoms with van der Waals surface area (Å²) in [6.45, 7) is 5.77. The quantitative estimate of drug-likeness (QED) is 0.806. The lowest BCUT2D eigenvalue weighted by atomic mass is 10.3. The van der Waals surface area contributed by atoms with Crippen LogP contribution in [0.1, 0.15) is 19.7 Å². The number of hydrogen-bond acceptors (Lipinski definition) is 6. The Balaban J connectivity index is 2.31. The third-order valence-corrected chi connectivity index (χ3v) is 2.97. The van der Waals surface area contributed by atoms with Crippen LogP contribution in [0.3, 0.4) is 0 Å². The Kier molecular flexibility index (Phi) is 4.51. The molecule has 0 saturated heterocycles. The van der Waals surface area contributed by atoms with Gasteiger partial charge in [-0.25, -0.2) is 9.97 Å². The fourth-order valence-corrected chi connectivity index (χ4v) is 2.20. The van der Waals surface area contributed by atoms with Crippen LogP contribution in [-0.2, 0) is 13.6 Å². The zero-order valence-electron chi connectivity index (χ0n) is 12.5. The van der Waals surface area contributed by atoms with Gasteiger partial charge in [-0.05, 0) is 20.9 Å². The summed E-state index contributed by atoms with van der Waals surface area (Å²) >= 11 is 0. The number of hydrogen-bond donors (Lipinski definition) is 2. The Morgan fingerprint density at radius 2 is 2.20 bits per heavy atom. The largest absolute Gasteiger partial charge is 0.392 e. The monoisotopic (exact) mass is 278 g/mol. The second-order valence-electron chi connectivity index (χ2n) is 5.07. The van der Waals surface area contributed by atoms with E-state index in [-0.39, 0.29) is 6.10 Å². The van der Waals surface area contributed by atoms with E-state index in [9.17, 15) is 5.11 Å². The topological polar surface area (TPSA) is 79.1 Å². The molecule has 110 valence electrons. The SMILES string of the molecule is CCNc1nc(CN(C)CC(C)O)nc2c1cnn2C. The number of likely N-dealkylation sites (N-methyl/N-ethyl adjacent to an activating group) is 1. The smallest absolute Gasteiger partial charge is 0.163 e. The van der Waals surface area contributed by atoms with E-state index in [1.54, 1.807) is 17.8 Å². The first-order valence-electron chi connectivity index (χ1n) is 6.80. The van der Waals surface area contributed by atoms with Gasteiger partial charge in [0.15, 0.2) is 5.65 Å². The summed E-state index contributed by atoms with van der Waals surface area (Å²) in [7, 11) is 3.81. The minimum Gasteiger partial charge on any atom is -0.392 e. The van der Waals surface area contributed by atoms with Gasteiger partial charge in [0, 0.05) is 20.1 Å². The number of nitrogens with one attached hydrogen (secondary N) is 1. The lowest BCUT2D eigenvalue weighted by Gasteiger charge is -2.17. The van der Waals surface area contributed by atoms with E-state index in [2.05, 4.69) is 20.4 Å². The zero-order valence-corrected chi connectivity index (χ0v) is 12.5. The van der Waals surface area contributed by atoms with Gasteiger partial charge in [-0.1, -0.05) is 0 Å².